The van der Waals surface area contributed by atoms with Gasteiger partial charge in [0.05, 0.1) is 6.61 Å². The quantitative estimate of drug-likeness (QED) is 0.739. The second-order valence-corrected chi connectivity index (χ2v) is 8.65. The molecule has 2 saturated heterocycles. The molecule has 2 heterocycles. The topological polar surface area (TPSA) is 53.1 Å². The lowest BCUT2D eigenvalue weighted by atomic mass is 9.82. The zero-order chi connectivity index (χ0) is 17.8. The van der Waals surface area contributed by atoms with Crippen LogP contribution < -0.4 is 0 Å². The third kappa shape index (κ3) is 3.16. The molecule has 2 aliphatic heterocycles. The Kier molecular flexibility index (Phi) is 4.07. The molecule has 2 saturated carbocycles. The summed E-state index contributed by atoms with van der Waals surface area (Å²) < 4.78 is 20.1. The molecule has 1 spiro atoms. The van der Waals surface area contributed by atoms with Gasteiger partial charge in [0.15, 0.2) is 5.67 Å². The molecule has 0 aromatic rings. The van der Waals surface area contributed by atoms with Crippen LogP contribution in [0.5, 0.6) is 0 Å². The van der Waals surface area contributed by atoms with E-state index in [1.54, 1.807) is 16.8 Å². The van der Waals surface area contributed by atoms with Crippen molar-refractivity contribution in [1.29, 1.82) is 0 Å². The average molecular weight is 353 g/mol. The Balaban J connectivity index is 1.58. The fraction of sp³-hybridized carbons (Fsp3) is 0.889. The highest BCUT2D eigenvalue weighted by molar-refractivity contribution is 5.88. The summed E-state index contributed by atoms with van der Waals surface area (Å²) in [5, 5.41) is 0. The van der Waals surface area contributed by atoms with Crippen LogP contribution >= 0.6 is 0 Å². The zero-order valence-electron chi connectivity index (χ0n) is 15.2. The SMILES string of the molecule is CN1C[C@]2(COCC1=O)CN(C(=O)C1(F)CC1)C[C@H]2N(C)CC1CC1. The van der Waals surface area contributed by atoms with E-state index in [1.807, 2.05) is 0 Å². The maximum atomic E-state index is 14.4. The van der Waals surface area contributed by atoms with Gasteiger partial charge in [0.25, 0.3) is 5.91 Å². The van der Waals surface area contributed by atoms with Crippen molar-refractivity contribution < 1.29 is 18.7 Å². The molecule has 0 radical (unpaired) electrons. The van der Waals surface area contributed by atoms with Gasteiger partial charge in [-0.2, -0.15) is 0 Å². The predicted octanol–water partition coefficient (Wildman–Crippen LogP) is 0.516. The van der Waals surface area contributed by atoms with E-state index < -0.39 is 5.67 Å². The molecule has 4 aliphatic rings. The molecular formula is C18H28FN3O3. The lowest BCUT2D eigenvalue weighted by molar-refractivity contribution is -0.137. The van der Waals surface area contributed by atoms with E-state index >= 15 is 0 Å². The second-order valence-electron chi connectivity index (χ2n) is 8.65. The third-order valence-electron chi connectivity index (χ3n) is 6.33. The number of hydrogen-bond acceptors (Lipinski definition) is 4. The maximum Gasteiger partial charge on any atom is 0.260 e. The Morgan fingerprint density at radius 3 is 2.72 bits per heavy atom. The van der Waals surface area contributed by atoms with E-state index in [2.05, 4.69) is 11.9 Å². The molecule has 0 aromatic heterocycles. The largest absolute Gasteiger partial charge is 0.371 e. The average Bonchev–Trinajstić information content (AvgIpc) is 3.47. The molecule has 0 N–H and O–H groups in total. The summed E-state index contributed by atoms with van der Waals surface area (Å²) in [7, 11) is 3.88. The van der Waals surface area contributed by atoms with Crippen molar-refractivity contribution in [3.8, 4) is 0 Å². The normalized spacial score (nSPS) is 34.7. The standard InChI is InChI=1S/C18H28FN3O3/c1-20(7-13-3-4-13)14-8-22(16(24)18(19)5-6-18)11-17(14)10-21(2)15(23)9-25-12-17/h13-14H,3-12H2,1-2H3/t14-,17-/m1/s1. The van der Waals surface area contributed by atoms with Gasteiger partial charge >= 0.3 is 0 Å². The Bertz CT molecular complexity index is 578. The van der Waals surface area contributed by atoms with Gasteiger partial charge in [0, 0.05) is 44.7 Å². The van der Waals surface area contributed by atoms with Crippen LogP contribution in [0.3, 0.4) is 0 Å². The molecular weight excluding hydrogens is 325 g/mol. The van der Waals surface area contributed by atoms with Crippen molar-refractivity contribution >= 4 is 11.8 Å². The number of likely N-dealkylation sites (tertiary alicyclic amines) is 1. The van der Waals surface area contributed by atoms with Gasteiger partial charge in [-0.25, -0.2) is 4.39 Å². The first-order chi connectivity index (χ1) is 11.8. The van der Waals surface area contributed by atoms with Gasteiger partial charge in [0.2, 0.25) is 5.91 Å². The minimum absolute atomic E-state index is 0.0330. The molecule has 2 aliphatic carbocycles. The number of amides is 2. The van der Waals surface area contributed by atoms with E-state index in [0.717, 1.165) is 12.5 Å². The van der Waals surface area contributed by atoms with Crippen LogP contribution in [0.2, 0.25) is 0 Å². The molecule has 0 bridgehead atoms. The molecule has 7 heteroatoms. The number of nitrogens with zero attached hydrogens (tertiary/aromatic N) is 3. The van der Waals surface area contributed by atoms with E-state index in [9.17, 15) is 14.0 Å². The lowest BCUT2D eigenvalue weighted by Gasteiger charge is -2.39. The highest BCUT2D eigenvalue weighted by Gasteiger charge is 2.58. The van der Waals surface area contributed by atoms with E-state index in [1.165, 1.54) is 12.8 Å². The van der Waals surface area contributed by atoms with E-state index in [0.29, 0.717) is 39.1 Å². The van der Waals surface area contributed by atoms with Crippen molar-refractivity contribution in [2.45, 2.75) is 37.4 Å². The van der Waals surface area contributed by atoms with Gasteiger partial charge in [-0.3, -0.25) is 9.59 Å². The first-order valence-electron chi connectivity index (χ1n) is 9.33. The molecule has 2 atom stereocenters. The van der Waals surface area contributed by atoms with Crippen LogP contribution in [0, 0.1) is 11.3 Å². The van der Waals surface area contributed by atoms with Gasteiger partial charge in [-0.15, -0.1) is 0 Å². The minimum atomic E-state index is -1.64. The summed E-state index contributed by atoms with van der Waals surface area (Å²) >= 11 is 0. The maximum absolute atomic E-state index is 14.4. The van der Waals surface area contributed by atoms with Gasteiger partial charge in [-0.1, -0.05) is 0 Å². The van der Waals surface area contributed by atoms with Crippen LogP contribution in [0.25, 0.3) is 0 Å². The van der Waals surface area contributed by atoms with Crippen LogP contribution in [0.4, 0.5) is 4.39 Å². The summed E-state index contributed by atoms with van der Waals surface area (Å²) in [5.41, 5.74) is -1.98. The number of carbonyl (C=O) groups is 2. The van der Waals surface area contributed by atoms with Crippen LogP contribution in [0.15, 0.2) is 0 Å². The fourth-order valence-electron chi connectivity index (χ4n) is 4.51. The highest BCUT2D eigenvalue weighted by Crippen LogP contribution is 2.45. The summed E-state index contributed by atoms with van der Waals surface area (Å²) in [4.78, 5) is 30.4. The number of carbonyl (C=O) groups excluding carboxylic acids is 2. The van der Waals surface area contributed by atoms with Crippen molar-refractivity contribution in [3.63, 3.8) is 0 Å². The molecule has 25 heavy (non-hydrogen) atoms. The molecule has 6 nitrogen and oxygen atoms in total. The molecule has 2 amide bonds. The van der Waals surface area contributed by atoms with Crippen molar-refractivity contribution in [3.05, 3.63) is 0 Å². The Morgan fingerprint density at radius 2 is 2.08 bits per heavy atom. The number of hydrogen-bond donors (Lipinski definition) is 0. The molecule has 140 valence electrons. The van der Waals surface area contributed by atoms with Crippen molar-refractivity contribution in [2.24, 2.45) is 11.3 Å². The van der Waals surface area contributed by atoms with Gasteiger partial charge in [0.1, 0.15) is 6.61 Å². The molecule has 0 aromatic carbocycles. The molecule has 4 rings (SSSR count). The van der Waals surface area contributed by atoms with E-state index in [-0.39, 0.29) is 29.9 Å². The summed E-state index contributed by atoms with van der Waals surface area (Å²) in [6.45, 7) is 3.06. The lowest BCUT2D eigenvalue weighted by Crippen LogP contribution is -2.53. The van der Waals surface area contributed by atoms with Crippen LogP contribution in [-0.4, -0.2) is 91.7 Å². The Hall–Kier alpha value is -1.21. The van der Waals surface area contributed by atoms with Crippen LogP contribution in [0.1, 0.15) is 25.7 Å². The number of ether oxygens (including phenoxy) is 1. The number of likely N-dealkylation sites (N-methyl/N-ethyl adjacent to an activating group) is 2. The Labute approximate surface area is 148 Å². The number of rotatable bonds is 4. The minimum Gasteiger partial charge on any atom is -0.371 e. The first kappa shape index (κ1) is 17.2. The highest BCUT2D eigenvalue weighted by atomic mass is 19.1. The summed E-state index contributed by atoms with van der Waals surface area (Å²) in [6, 6.07) is 0.0905. The van der Waals surface area contributed by atoms with Crippen molar-refractivity contribution in [2.75, 3.05) is 53.5 Å². The summed E-state index contributed by atoms with van der Waals surface area (Å²) in [5.74, 6) is 0.329. The van der Waals surface area contributed by atoms with Crippen LogP contribution in [-0.2, 0) is 14.3 Å². The first-order valence-corrected chi connectivity index (χ1v) is 9.33. The smallest absolute Gasteiger partial charge is 0.260 e. The monoisotopic (exact) mass is 353 g/mol. The molecule has 0 unspecified atom stereocenters. The number of alkyl halides is 1. The zero-order valence-corrected chi connectivity index (χ0v) is 15.2. The molecule has 4 fully saturated rings. The van der Waals surface area contributed by atoms with E-state index in [4.69, 9.17) is 4.74 Å². The van der Waals surface area contributed by atoms with Gasteiger partial charge in [-0.05, 0) is 38.6 Å². The van der Waals surface area contributed by atoms with Gasteiger partial charge < -0.3 is 19.4 Å². The fourth-order valence-corrected chi connectivity index (χ4v) is 4.51. The third-order valence-corrected chi connectivity index (χ3v) is 6.33. The summed E-state index contributed by atoms with van der Waals surface area (Å²) in [6.07, 6.45) is 3.20. The Morgan fingerprint density at radius 1 is 1.36 bits per heavy atom. The second kappa shape index (κ2) is 5.91. The predicted molar refractivity (Wildman–Crippen MR) is 89.7 cm³/mol. The van der Waals surface area contributed by atoms with Crippen molar-refractivity contribution in [1.82, 2.24) is 14.7 Å². The number of halogens is 1.